The number of hydrogen-bond donors (Lipinski definition) is 2. The molecule has 2 aliphatic heterocycles. The van der Waals surface area contributed by atoms with E-state index in [0.717, 1.165) is 54.6 Å². The lowest BCUT2D eigenvalue weighted by Gasteiger charge is -2.40. The highest BCUT2D eigenvalue weighted by Gasteiger charge is 2.31. The van der Waals surface area contributed by atoms with Gasteiger partial charge >= 0.3 is 0 Å². The van der Waals surface area contributed by atoms with Crippen LogP contribution in [0.1, 0.15) is 9.67 Å². The zero-order valence-corrected chi connectivity index (χ0v) is 27.3. The van der Waals surface area contributed by atoms with Gasteiger partial charge in [0.05, 0.1) is 48.5 Å². The Kier molecular flexibility index (Phi) is 11.0. The van der Waals surface area contributed by atoms with Gasteiger partial charge in [-0.25, -0.2) is 23.7 Å². The molecule has 4 aromatic rings. The summed E-state index contributed by atoms with van der Waals surface area (Å²) < 4.78 is 33.5. The highest BCUT2D eigenvalue weighted by Crippen LogP contribution is 2.37. The van der Waals surface area contributed by atoms with Gasteiger partial charge in [0.15, 0.2) is 22.5 Å². The number of methoxy groups -OCH3 is 1. The number of allylic oxidation sites excluding steroid dienone is 1. The molecule has 47 heavy (non-hydrogen) atoms. The first-order valence-corrected chi connectivity index (χ1v) is 15.8. The van der Waals surface area contributed by atoms with Crippen molar-refractivity contribution < 1.29 is 23.1 Å². The SMILES string of the molecule is C=CC=O.COc1ccc(-c2cnc(N3CCN(C)CC3)c(N3CC(F)C3)c2)nc1Nc1ncc(C(=O)Nc2c(F)cccc2Cl)s1. The highest BCUT2D eigenvalue weighted by atomic mass is 35.5. The van der Waals surface area contributed by atoms with Crippen molar-refractivity contribution in [2.45, 2.75) is 6.17 Å². The normalized spacial score (nSPS) is 14.8. The van der Waals surface area contributed by atoms with Crippen molar-refractivity contribution in [1.82, 2.24) is 19.9 Å². The minimum atomic E-state index is -0.854. The van der Waals surface area contributed by atoms with E-state index in [0.29, 0.717) is 41.8 Å². The van der Waals surface area contributed by atoms with E-state index in [9.17, 15) is 13.6 Å². The lowest BCUT2D eigenvalue weighted by molar-refractivity contribution is -0.104. The third-order valence-corrected chi connectivity index (χ3v) is 8.68. The molecule has 0 aliphatic carbocycles. The number of nitrogens with zero attached hydrogens (tertiary/aromatic N) is 6. The number of thiazole rings is 1. The van der Waals surface area contributed by atoms with Crippen LogP contribution in [0.15, 0.2) is 61.4 Å². The predicted molar refractivity (Wildman–Crippen MR) is 182 cm³/mol. The highest BCUT2D eigenvalue weighted by molar-refractivity contribution is 7.17. The second-order valence-corrected chi connectivity index (χ2v) is 12.1. The molecule has 0 bridgehead atoms. The minimum Gasteiger partial charge on any atom is -0.493 e. The van der Waals surface area contributed by atoms with E-state index in [4.69, 9.17) is 31.1 Å². The molecule has 0 radical (unpaired) electrons. The maximum atomic E-state index is 14.1. The molecule has 2 aliphatic rings. The van der Waals surface area contributed by atoms with Crippen LogP contribution in [0, 0.1) is 5.82 Å². The third-order valence-electron chi connectivity index (χ3n) is 7.45. The van der Waals surface area contributed by atoms with Gasteiger partial charge < -0.3 is 30.1 Å². The summed E-state index contributed by atoms with van der Waals surface area (Å²) >= 11 is 7.11. The number of hydrogen-bond acceptors (Lipinski definition) is 11. The molecule has 15 heteroatoms. The van der Waals surface area contributed by atoms with E-state index >= 15 is 0 Å². The summed E-state index contributed by atoms with van der Waals surface area (Å²) in [4.78, 5) is 42.5. The Bertz CT molecular complexity index is 1720. The van der Waals surface area contributed by atoms with E-state index in [1.165, 1.54) is 37.6 Å². The Balaban J connectivity index is 0.00000103. The summed E-state index contributed by atoms with van der Waals surface area (Å²) in [5, 5.41) is 6.10. The first kappa shape index (κ1) is 33.7. The fourth-order valence-electron chi connectivity index (χ4n) is 4.89. The van der Waals surface area contributed by atoms with Crippen molar-refractivity contribution >= 4 is 63.3 Å². The monoisotopic (exact) mass is 682 g/mol. The molecular formula is C32H33ClF2N8O3S. The van der Waals surface area contributed by atoms with E-state index in [1.54, 1.807) is 12.3 Å². The average Bonchev–Trinajstić information content (AvgIpc) is 3.54. The van der Waals surface area contributed by atoms with Crippen LogP contribution < -0.4 is 25.2 Å². The number of pyridine rings is 2. The van der Waals surface area contributed by atoms with Crippen molar-refractivity contribution in [1.29, 1.82) is 0 Å². The summed E-state index contributed by atoms with van der Waals surface area (Å²) in [6, 6.07) is 9.77. The molecule has 3 aromatic heterocycles. The topological polar surface area (TPSA) is 116 Å². The van der Waals surface area contributed by atoms with Gasteiger partial charge in [0, 0.05) is 37.9 Å². The number of aromatic nitrogens is 3. The quantitative estimate of drug-likeness (QED) is 0.169. The van der Waals surface area contributed by atoms with Crippen molar-refractivity contribution in [3.05, 3.63) is 77.2 Å². The Labute approximate surface area is 279 Å². The third kappa shape index (κ3) is 8.02. The van der Waals surface area contributed by atoms with Gasteiger partial charge in [-0.2, -0.15) is 0 Å². The van der Waals surface area contributed by atoms with Gasteiger partial charge in [0.2, 0.25) is 0 Å². The molecule has 0 saturated carbocycles. The number of anilines is 5. The van der Waals surface area contributed by atoms with Crippen LogP contribution in [0.2, 0.25) is 5.02 Å². The van der Waals surface area contributed by atoms with Crippen LogP contribution in [0.4, 0.5) is 36.9 Å². The molecule has 0 spiro atoms. The Morgan fingerprint density at radius 2 is 1.87 bits per heavy atom. The summed E-state index contributed by atoms with van der Waals surface area (Å²) in [5.41, 5.74) is 2.18. The van der Waals surface area contributed by atoms with Gasteiger partial charge in [0.25, 0.3) is 5.91 Å². The zero-order chi connectivity index (χ0) is 33.5. The maximum absolute atomic E-state index is 14.1. The number of nitrogens with one attached hydrogen (secondary N) is 2. The van der Waals surface area contributed by atoms with E-state index < -0.39 is 17.9 Å². The minimum absolute atomic E-state index is 0.0924. The Hall–Kier alpha value is -4.66. The van der Waals surface area contributed by atoms with E-state index in [1.807, 2.05) is 17.0 Å². The molecule has 2 fully saturated rings. The van der Waals surface area contributed by atoms with Gasteiger partial charge in [-0.3, -0.25) is 9.59 Å². The maximum Gasteiger partial charge on any atom is 0.267 e. The number of benzene rings is 1. The number of amides is 1. The zero-order valence-electron chi connectivity index (χ0n) is 25.8. The second kappa shape index (κ2) is 15.3. The number of carbonyl (C=O) groups excluding carboxylic acids is 2. The largest absolute Gasteiger partial charge is 0.493 e. The smallest absolute Gasteiger partial charge is 0.267 e. The lowest BCUT2D eigenvalue weighted by atomic mass is 10.1. The Morgan fingerprint density at radius 3 is 2.53 bits per heavy atom. The summed E-state index contributed by atoms with van der Waals surface area (Å²) in [5.74, 6) is 0.513. The number of aldehydes is 1. The van der Waals surface area contributed by atoms with Gasteiger partial charge in [-0.05, 0) is 43.5 Å². The standard InChI is InChI=1S/C29H29ClF2N8O2S.C3H4O/c1-38-8-10-39(11-9-38)27-22(40-15-18(31)16-40)12-17(13-33-27)21-6-7-23(42-2)26(35-21)37-29-34-14-24(43-29)28(41)36-25-19(30)4-3-5-20(25)32;1-2-3-4/h3-7,12-14,18H,8-11,15-16H2,1-2H3,(H,36,41)(H,34,35,37);2-3H,1H2. The van der Waals surface area contributed by atoms with Crippen molar-refractivity contribution in [3.8, 4) is 17.0 Å². The number of halogens is 3. The number of rotatable bonds is 9. The van der Waals surface area contributed by atoms with Crippen LogP contribution in [0.25, 0.3) is 11.3 Å². The summed E-state index contributed by atoms with van der Waals surface area (Å²) in [6.07, 6.45) is 4.14. The van der Waals surface area contributed by atoms with Crippen LogP contribution in [0.5, 0.6) is 5.75 Å². The molecule has 0 unspecified atom stereocenters. The van der Waals surface area contributed by atoms with Crippen molar-refractivity contribution in [2.75, 3.05) is 73.9 Å². The molecule has 1 amide bonds. The van der Waals surface area contributed by atoms with Gasteiger partial charge in [-0.1, -0.05) is 35.6 Å². The molecule has 5 heterocycles. The number of ether oxygens (including phenoxy) is 1. The second-order valence-electron chi connectivity index (χ2n) is 10.7. The number of carbonyl (C=O) groups is 2. The fourth-order valence-corrected chi connectivity index (χ4v) is 5.81. The van der Waals surface area contributed by atoms with E-state index in [-0.39, 0.29) is 15.6 Å². The Morgan fingerprint density at radius 1 is 1.13 bits per heavy atom. The molecule has 0 atom stereocenters. The first-order chi connectivity index (χ1) is 22.7. The molecular weight excluding hydrogens is 650 g/mol. The average molecular weight is 683 g/mol. The fraction of sp³-hybridized carbons (Fsp3) is 0.281. The van der Waals surface area contributed by atoms with Gasteiger partial charge in [0.1, 0.15) is 23.2 Å². The molecule has 6 rings (SSSR count). The van der Waals surface area contributed by atoms with Crippen molar-refractivity contribution in [2.24, 2.45) is 0 Å². The molecule has 11 nitrogen and oxygen atoms in total. The first-order valence-electron chi connectivity index (χ1n) is 14.6. The molecule has 2 saturated heterocycles. The molecule has 1 aromatic carbocycles. The van der Waals surface area contributed by atoms with Crippen LogP contribution >= 0.6 is 22.9 Å². The molecule has 2 N–H and O–H groups in total. The van der Waals surface area contributed by atoms with Gasteiger partial charge in [-0.15, -0.1) is 0 Å². The number of alkyl halides is 1. The lowest BCUT2D eigenvalue weighted by Crippen LogP contribution is -2.50. The van der Waals surface area contributed by atoms with Crippen LogP contribution in [-0.4, -0.2) is 91.6 Å². The van der Waals surface area contributed by atoms with Crippen LogP contribution in [0.3, 0.4) is 0 Å². The van der Waals surface area contributed by atoms with Crippen LogP contribution in [-0.2, 0) is 4.79 Å². The summed E-state index contributed by atoms with van der Waals surface area (Å²) in [7, 11) is 3.63. The predicted octanol–water partition coefficient (Wildman–Crippen LogP) is 5.68. The number of para-hydroxylation sites is 1. The van der Waals surface area contributed by atoms with E-state index in [2.05, 4.69) is 39.0 Å². The summed E-state index contributed by atoms with van der Waals surface area (Å²) in [6.45, 7) is 7.33. The van der Waals surface area contributed by atoms with Crippen molar-refractivity contribution in [3.63, 3.8) is 0 Å². The number of likely N-dealkylation sites (N-methyl/N-ethyl adjacent to an activating group) is 1. The number of piperazine rings is 1. The molecule has 246 valence electrons.